The molecule has 0 N–H and O–H groups in total. The zero-order valence-electron chi connectivity index (χ0n) is 11.6. The van der Waals surface area contributed by atoms with Crippen LogP contribution in [-0.2, 0) is 6.54 Å². The quantitative estimate of drug-likeness (QED) is 0.834. The number of pyridine rings is 1. The Balaban J connectivity index is 2.38. The highest BCUT2D eigenvalue weighted by molar-refractivity contribution is 5.41. The fraction of sp³-hybridized carbons (Fsp3) is 0.429. The number of nitrogens with zero attached hydrogens (tertiary/aromatic N) is 3. The second kappa shape index (κ2) is 4.80. The molecule has 0 saturated carbocycles. The van der Waals surface area contributed by atoms with Crippen LogP contribution in [-0.4, -0.2) is 21.6 Å². The first-order valence-electron chi connectivity index (χ1n) is 6.02. The van der Waals surface area contributed by atoms with E-state index >= 15 is 0 Å². The van der Waals surface area contributed by atoms with Crippen molar-refractivity contribution in [2.45, 2.75) is 34.2 Å². The Kier molecular flexibility index (Phi) is 3.36. The highest BCUT2D eigenvalue weighted by Crippen LogP contribution is 2.24. The molecule has 0 fully saturated rings. The maximum atomic E-state index is 5.42. The molecular formula is C14H19N3O. The highest BCUT2D eigenvalue weighted by atomic mass is 16.5. The molecule has 0 saturated heterocycles. The topological polar surface area (TPSA) is 39.9 Å². The normalized spacial score (nSPS) is 10.7. The second-order valence-electron chi connectivity index (χ2n) is 4.59. The van der Waals surface area contributed by atoms with Crippen molar-refractivity contribution in [2.75, 3.05) is 7.11 Å². The van der Waals surface area contributed by atoms with Crippen molar-refractivity contribution in [3.05, 3.63) is 40.7 Å². The number of methoxy groups -OCH3 is 1. The molecule has 2 rings (SSSR count). The molecule has 4 nitrogen and oxygen atoms in total. The zero-order valence-corrected chi connectivity index (χ0v) is 11.6. The maximum Gasteiger partial charge on any atom is 0.128 e. The van der Waals surface area contributed by atoms with Crippen molar-refractivity contribution in [1.82, 2.24) is 14.5 Å². The lowest BCUT2D eigenvalue weighted by atomic mass is 10.1. The number of imidazole rings is 1. The van der Waals surface area contributed by atoms with Crippen LogP contribution in [0.5, 0.6) is 5.75 Å². The molecule has 0 unspecified atom stereocenters. The Morgan fingerprint density at radius 1 is 1.17 bits per heavy atom. The first kappa shape index (κ1) is 12.6. The van der Waals surface area contributed by atoms with E-state index in [0.717, 1.165) is 34.8 Å². The number of hydrogen-bond donors (Lipinski definition) is 0. The summed E-state index contributed by atoms with van der Waals surface area (Å²) in [6.07, 6.45) is 3.72. The summed E-state index contributed by atoms with van der Waals surface area (Å²) in [5.41, 5.74) is 5.43. The Labute approximate surface area is 108 Å². The summed E-state index contributed by atoms with van der Waals surface area (Å²) in [6.45, 7) is 8.88. The second-order valence-corrected chi connectivity index (χ2v) is 4.59. The van der Waals surface area contributed by atoms with Crippen LogP contribution < -0.4 is 4.74 Å². The van der Waals surface area contributed by atoms with Crippen LogP contribution in [0.3, 0.4) is 0 Å². The summed E-state index contributed by atoms with van der Waals surface area (Å²) in [6, 6.07) is 0. The smallest absolute Gasteiger partial charge is 0.128 e. The average molecular weight is 245 g/mol. The molecule has 0 aromatic carbocycles. The first-order valence-corrected chi connectivity index (χ1v) is 6.02. The van der Waals surface area contributed by atoms with Crippen LogP contribution >= 0.6 is 0 Å². The molecule has 2 aromatic heterocycles. The van der Waals surface area contributed by atoms with Gasteiger partial charge in [0.1, 0.15) is 5.75 Å². The van der Waals surface area contributed by atoms with Gasteiger partial charge in [-0.1, -0.05) is 0 Å². The first-order chi connectivity index (χ1) is 8.54. The average Bonchev–Trinajstić information content (AvgIpc) is 2.65. The Morgan fingerprint density at radius 3 is 2.44 bits per heavy atom. The van der Waals surface area contributed by atoms with Crippen molar-refractivity contribution >= 4 is 0 Å². The standard InChI is InChI=1S/C14H19N3O/c1-9-6-15-13(10(2)14(9)18-5)7-17-8-16-11(3)12(17)4/h6,8H,7H2,1-5H3. The molecule has 0 bridgehead atoms. The van der Waals surface area contributed by atoms with E-state index in [1.165, 1.54) is 5.69 Å². The molecule has 18 heavy (non-hydrogen) atoms. The van der Waals surface area contributed by atoms with E-state index in [9.17, 15) is 0 Å². The van der Waals surface area contributed by atoms with Crippen LogP contribution in [0.4, 0.5) is 0 Å². The Hall–Kier alpha value is -1.84. The van der Waals surface area contributed by atoms with E-state index in [1.54, 1.807) is 7.11 Å². The Morgan fingerprint density at radius 2 is 1.89 bits per heavy atom. The number of aromatic nitrogens is 3. The third-order valence-corrected chi connectivity index (χ3v) is 3.42. The molecule has 0 amide bonds. The van der Waals surface area contributed by atoms with Gasteiger partial charge in [-0.2, -0.15) is 0 Å². The summed E-state index contributed by atoms with van der Waals surface area (Å²) in [4.78, 5) is 8.81. The molecule has 0 spiro atoms. The van der Waals surface area contributed by atoms with Gasteiger partial charge in [0.15, 0.2) is 0 Å². The van der Waals surface area contributed by atoms with E-state index in [4.69, 9.17) is 4.74 Å². The zero-order chi connectivity index (χ0) is 13.3. The summed E-state index contributed by atoms with van der Waals surface area (Å²) in [7, 11) is 1.70. The summed E-state index contributed by atoms with van der Waals surface area (Å²) >= 11 is 0. The lowest BCUT2D eigenvalue weighted by Crippen LogP contribution is -2.06. The largest absolute Gasteiger partial charge is 0.496 e. The van der Waals surface area contributed by atoms with Crippen LogP contribution in [0, 0.1) is 27.7 Å². The SMILES string of the molecule is COc1c(C)cnc(Cn2cnc(C)c2C)c1C. The van der Waals surface area contributed by atoms with E-state index in [1.807, 2.05) is 33.3 Å². The van der Waals surface area contributed by atoms with Gasteiger partial charge in [0.05, 0.1) is 31.4 Å². The molecule has 0 radical (unpaired) electrons. The van der Waals surface area contributed by atoms with Gasteiger partial charge in [-0.05, 0) is 27.7 Å². The fourth-order valence-electron chi connectivity index (χ4n) is 2.10. The maximum absolute atomic E-state index is 5.42. The lowest BCUT2D eigenvalue weighted by molar-refractivity contribution is 0.406. The van der Waals surface area contributed by atoms with Crippen molar-refractivity contribution in [1.29, 1.82) is 0 Å². The molecule has 0 atom stereocenters. The molecule has 4 heteroatoms. The van der Waals surface area contributed by atoms with Crippen LogP contribution in [0.2, 0.25) is 0 Å². The van der Waals surface area contributed by atoms with Gasteiger partial charge in [-0.3, -0.25) is 4.98 Å². The van der Waals surface area contributed by atoms with E-state index < -0.39 is 0 Å². The number of hydrogen-bond acceptors (Lipinski definition) is 3. The van der Waals surface area contributed by atoms with Crippen molar-refractivity contribution in [3.8, 4) is 5.75 Å². The van der Waals surface area contributed by atoms with Crippen LogP contribution in [0.25, 0.3) is 0 Å². The minimum Gasteiger partial charge on any atom is -0.496 e. The van der Waals surface area contributed by atoms with Gasteiger partial charge < -0.3 is 9.30 Å². The van der Waals surface area contributed by atoms with Gasteiger partial charge in [0, 0.05) is 23.0 Å². The minimum atomic E-state index is 0.731. The van der Waals surface area contributed by atoms with E-state index in [2.05, 4.69) is 21.5 Å². The lowest BCUT2D eigenvalue weighted by Gasteiger charge is -2.13. The third-order valence-electron chi connectivity index (χ3n) is 3.42. The van der Waals surface area contributed by atoms with E-state index in [-0.39, 0.29) is 0 Å². The predicted molar refractivity (Wildman–Crippen MR) is 71.1 cm³/mol. The molecule has 2 heterocycles. The fourth-order valence-corrected chi connectivity index (χ4v) is 2.10. The molecule has 0 aliphatic carbocycles. The molecule has 2 aromatic rings. The van der Waals surface area contributed by atoms with Crippen molar-refractivity contribution in [3.63, 3.8) is 0 Å². The van der Waals surface area contributed by atoms with Gasteiger partial charge >= 0.3 is 0 Å². The molecule has 96 valence electrons. The predicted octanol–water partition coefficient (Wildman–Crippen LogP) is 2.57. The van der Waals surface area contributed by atoms with Gasteiger partial charge in [0.25, 0.3) is 0 Å². The third kappa shape index (κ3) is 2.10. The highest BCUT2D eigenvalue weighted by Gasteiger charge is 2.11. The van der Waals surface area contributed by atoms with Gasteiger partial charge in [-0.15, -0.1) is 0 Å². The Bertz CT molecular complexity index is 573. The van der Waals surface area contributed by atoms with Crippen molar-refractivity contribution in [2.24, 2.45) is 0 Å². The van der Waals surface area contributed by atoms with Crippen molar-refractivity contribution < 1.29 is 4.74 Å². The summed E-state index contributed by atoms with van der Waals surface area (Å²) in [5.74, 6) is 0.925. The molecule has 0 aliphatic heterocycles. The van der Waals surface area contributed by atoms with E-state index in [0.29, 0.717) is 0 Å². The molecular weight excluding hydrogens is 226 g/mol. The number of aryl methyl sites for hydroxylation is 2. The van der Waals surface area contributed by atoms with Crippen LogP contribution in [0.1, 0.15) is 28.2 Å². The summed E-state index contributed by atoms with van der Waals surface area (Å²) < 4.78 is 7.54. The monoisotopic (exact) mass is 245 g/mol. The number of rotatable bonds is 3. The number of ether oxygens (including phenoxy) is 1. The minimum absolute atomic E-state index is 0.731. The summed E-state index contributed by atoms with van der Waals surface area (Å²) in [5, 5.41) is 0. The van der Waals surface area contributed by atoms with Gasteiger partial charge in [0.2, 0.25) is 0 Å². The van der Waals surface area contributed by atoms with Gasteiger partial charge in [-0.25, -0.2) is 4.98 Å². The van der Waals surface area contributed by atoms with Crippen LogP contribution in [0.15, 0.2) is 12.5 Å². The molecule has 0 aliphatic rings.